The van der Waals surface area contributed by atoms with Gasteiger partial charge in [-0.2, -0.15) is 0 Å². The molecule has 17 heavy (non-hydrogen) atoms. The second-order valence-electron chi connectivity index (χ2n) is 5.20. The molecule has 3 atom stereocenters. The van der Waals surface area contributed by atoms with Crippen molar-refractivity contribution in [3.8, 4) is 0 Å². The Hall–Kier alpha value is -0.450. The van der Waals surface area contributed by atoms with Crippen molar-refractivity contribution < 1.29 is 9.47 Å². The first kappa shape index (κ1) is 11.6. The molecule has 2 aliphatic carbocycles. The van der Waals surface area contributed by atoms with Crippen LogP contribution in [0.4, 0.5) is 0 Å². The standard InChI is InChI=1S/C13H19NO2S/c1-15-13(16-2)11-7-17-12(14-11)10-6-8-3-4-9(10)5-8/h7-10,13H,3-6H2,1-2H3. The minimum Gasteiger partial charge on any atom is -0.350 e. The molecule has 0 amide bonds. The molecule has 2 aliphatic rings. The van der Waals surface area contributed by atoms with Gasteiger partial charge < -0.3 is 9.47 Å². The quantitative estimate of drug-likeness (QED) is 0.771. The normalized spacial score (nSPS) is 31.6. The van der Waals surface area contributed by atoms with Gasteiger partial charge in [-0.25, -0.2) is 4.98 Å². The maximum Gasteiger partial charge on any atom is 0.201 e. The number of aromatic nitrogens is 1. The summed E-state index contributed by atoms with van der Waals surface area (Å²) in [7, 11) is 3.31. The SMILES string of the molecule is COC(OC)c1csc(C2CC3CCC2C3)n1. The first-order valence-corrected chi connectivity index (χ1v) is 7.20. The molecule has 2 saturated carbocycles. The lowest BCUT2D eigenvalue weighted by molar-refractivity contribution is -0.108. The number of nitrogens with zero attached hydrogens (tertiary/aromatic N) is 1. The van der Waals surface area contributed by atoms with E-state index in [-0.39, 0.29) is 6.29 Å². The van der Waals surface area contributed by atoms with Gasteiger partial charge in [-0.3, -0.25) is 0 Å². The zero-order chi connectivity index (χ0) is 11.8. The van der Waals surface area contributed by atoms with Crippen molar-refractivity contribution in [3.63, 3.8) is 0 Å². The Kier molecular flexibility index (Phi) is 3.19. The van der Waals surface area contributed by atoms with Crippen LogP contribution in [0, 0.1) is 11.8 Å². The maximum absolute atomic E-state index is 5.25. The lowest BCUT2D eigenvalue weighted by Crippen LogP contribution is -2.09. The van der Waals surface area contributed by atoms with E-state index in [1.807, 2.05) is 0 Å². The van der Waals surface area contributed by atoms with Gasteiger partial charge in [0.1, 0.15) is 5.69 Å². The molecule has 0 N–H and O–H groups in total. The number of hydrogen-bond donors (Lipinski definition) is 0. The number of methoxy groups -OCH3 is 2. The van der Waals surface area contributed by atoms with E-state index in [1.165, 1.54) is 30.7 Å². The highest BCUT2D eigenvalue weighted by Gasteiger charge is 2.41. The molecule has 3 nitrogen and oxygen atoms in total. The van der Waals surface area contributed by atoms with Crippen LogP contribution in [0.25, 0.3) is 0 Å². The second-order valence-corrected chi connectivity index (χ2v) is 6.08. The Balaban J connectivity index is 1.76. The minimum absolute atomic E-state index is 0.307. The Labute approximate surface area is 106 Å². The Morgan fingerprint density at radius 3 is 2.71 bits per heavy atom. The maximum atomic E-state index is 5.25. The monoisotopic (exact) mass is 253 g/mol. The van der Waals surface area contributed by atoms with Crippen LogP contribution in [0.15, 0.2) is 5.38 Å². The number of ether oxygens (including phenoxy) is 2. The molecule has 0 aromatic carbocycles. The molecule has 3 rings (SSSR count). The third-order valence-electron chi connectivity index (χ3n) is 4.26. The zero-order valence-electron chi connectivity index (χ0n) is 10.4. The highest BCUT2D eigenvalue weighted by atomic mass is 32.1. The van der Waals surface area contributed by atoms with E-state index in [4.69, 9.17) is 14.5 Å². The second kappa shape index (κ2) is 4.67. The van der Waals surface area contributed by atoms with Crippen LogP contribution in [0.1, 0.15) is 48.6 Å². The number of rotatable bonds is 4. The van der Waals surface area contributed by atoms with Crippen LogP contribution in [0.3, 0.4) is 0 Å². The third-order valence-corrected chi connectivity index (χ3v) is 5.26. The summed E-state index contributed by atoms with van der Waals surface area (Å²) in [5.41, 5.74) is 0.928. The van der Waals surface area contributed by atoms with Crippen molar-refractivity contribution in [2.75, 3.05) is 14.2 Å². The lowest BCUT2D eigenvalue weighted by Gasteiger charge is -2.19. The highest BCUT2D eigenvalue weighted by Crippen LogP contribution is 2.53. The van der Waals surface area contributed by atoms with Gasteiger partial charge >= 0.3 is 0 Å². The van der Waals surface area contributed by atoms with Gasteiger partial charge in [0, 0.05) is 25.5 Å². The van der Waals surface area contributed by atoms with Gasteiger partial charge in [-0.1, -0.05) is 6.42 Å². The Morgan fingerprint density at radius 1 is 1.29 bits per heavy atom. The fourth-order valence-electron chi connectivity index (χ4n) is 3.46. The van der Waals surface area contributed by atoms with E-state index in [2.05, 4.69) is 5.38 Å². The Morgan fingerprint density at radius 2 is 2.12 bits per heavy atom. The molecule has 0 saturated heterocycles. The smallest absolute Gasteiger partial charge is 0.201 e. The van der Waals surface area contributed by atoms with Crippen molar-refractivity contribution >= 4 is 11.3 Å². The van der Waals surface area contributed by atoms with Crippen molar-refractivity contribution in [1.29, 1.82) is 0 Å². The van der Waals surface area contributed by atoms with Crippen LogP contribution < -0.4 is 0 Å². The van der Waals surface area contributed by atoms with Crippen LogP contribution in [-0.4, -0.2) is 19.2 Å². The molecule has 2 fully saturated rings. The minimum atomic E-state index is -0.307. The van der Waals surface area contributed by atoms with Crippen LogP contribution in [0.2, 0.25) is 0 Å². The molecule has 0 aliphatic heterocycles. The van der Waals surface area contributed by atoms with Gasteiger partial charge in [0.05, 0.1) is 5.01 Å². The fraction of sp³-hybridized carbons (Fsp3) is 0.769. The predicted octanol–water partition coefficient (Wildman–Crippen LogP) is 3.34. The summed E-state index contributed by atoms with van der Waals surface area (Å²) in [4.78, 5) is 4.72. The van der Waals surface area contributed by atoms with Crippen LogP contribution in [-0.2, 0) is 9.47 Å². The first-order chi connectivity index (χ1) is 8.31. The fourth-order valence-corrected chi connectivity index (χ4v) is 4.49. The summed E-state index contributed by atoms with van der Waals surface area (Å²) in [5, 5.41) is 3.38. The first-order valence-electron chi connectivity index (χ1n) is 6.32. The van der Waals surface area contributed by atoms with Gasteiger partial charge in [0.25, 0.3) is 0 Å². The molecule has 0 radical (unpaired) electrons. The highest BCUT2D eigenvalue weighted by molar-refractivity contribution is 7.09. The summed E-state index contributed by atoms with van der Waals surface area (Å²) in [5.74, 6) is 2.57. The van der Waals surface area contributed by atoms with Crippen LogP contribution in [0.5, 0.6) is 0 Å². The van der Waals surface area contributed by atoms with Gasteiger partial charge in [0.15, 0.2) is 0 Å². The van der Waals surface area contributed by atoms with E-state index in [0.717, 1.165) is 17.5 Å². The van der Waals surface area contributed by atoms with Crippen LogP contribution >= 0.6 is 11.3 Å². The number of thiazole rings is 1. The van der Waals surface area contributed by atoms with Gasteiger partial charge in [0.2, 0.25) is 6.29 Å². The summed E-state index contributed by atoms with van der Waals surface area (Å²) in [6.45, 7) is 0. The molecule has 1 heterocycles. The molecule has 0 spiro atoms. The number of fused-ring (bicyclic) bond motifs is 2. The summed E-state index contributed by atoms with van der Waals surface area (Å²) in [6.07, 6.45) is 5.32. The Bertz CT molecular complexity index is 389. The van der Waals surface area contributed by atoms with E-state index in [1.54, 1.807) is 25.6 Å². The topological polar surface area (TPSA) is 31.4 Å². The average Bonchev–Trinajstić information content (AvgIpc) is 3.06. The molecule has 94 valence electrons. The van der Waals surface area contributed by atoms with E-state index in [0.29, 0.717) is 5.92 Å². The van der Waals surface area contributed by atoms with Crippen molar-refractivity contribution in [3.05, 3.63) is 16.1 Å². The predicted molar refractivity (Wildman–Crippen MR) is 67.1 cm³/mol. The molecular weight excluding hydrogens is 234 g/mol. The van der Waals surface area contributed by atoms with Crippen molar-refractivity contribution in [2.45, 2.75) is 37.9 Å². The van der Waals surface area contributed by atoms with Gasteiger partial charge in [-0.15, -0.1) is 11.3 Å². The molecule has 3 unspecified atom stereocenters. The molecular formula is C13H19NO2S. The summed E-state index contributed by atoms with van der Waals surface area (Å²) < 4.78 is 10.5. The zero-order valence-corrected chi connectivity index (χ0v) is 11.2. The summed E-state index contributed by atoms with van der Waals surface area (Å²) in [6, 6.07) is 0. The van der Waals surface area contributed by atoms with E-state index < -0.39 is 0 Å². The third kappa shape index (κ3) is 2.02. The average molecular weight is 253 g/mol. The molecule has 1 aromatic rings. The van der Waals surface area contributed by atoms with E-state index >= 15 is 0 Å². The van der Waals surface area contributed by atoms with Crippen molar-refractivity contribution in [2.24, 2.45) is 11.8 Å². The molecule has 2 bridgehead atoms. The largest absolute Gasteiger partial charge is 0.350 e. The van der Waals surface area contributed by atoms with Gasteiger partial charge in [-0.05, 0) is 31.1 Å². The molecule has 4 heteroatoms. The number of hydrogen-bond acceptors (Lipinski definition) is 4. The van der Waals surface area contributed by atoms with E-state index in [9.17, 15) is 0 Å². The summed E-state index contributed by atoms with van der Waals surface area (Å²) >= 11 is 1.77. The molecule has 1 aromatic heterocycles. The van der Waals surface area contributed by atoms with Crippen molar-refractivity contribution in [1.82, 2.24) is 4.98 Å². The lowest BCUT2D eigenvalue weighted by atomic mass is 9.89.